The lowest BCUT2D eigenvalue weighted by atomic mass is 10.1. The van der Waals surface area contributed by atoms with E-state index >= 15 is 0 Å². The fourth-order valence-corrected chi connectivity index (χ4v) is 2.52. The number of imidazole rings is 1. The van der Waals surface area contributed by atoms with Gasteiger partial charge in [0.05, 0.1) is 45.1 Å². The molecule has 0 aliphatic rings. The predicted molar refractivity (Wildman–Crippen MR) is 92.8 cm³/mol. The maximum absolute atomic E-state index is 5.54. The molecule has 3 aromatic rings. The summed E-state index contributed by atoms with van der Waals surface area (Å²) >= 11 is 0. The van der Waals surface area contributed by atoms with Gasteiger partial charge in [0.25, 0.3) is 0 Å². The minimum Gasteiger partial charge on any atom is -0.495 e. The third kappa shape index (κ3) is 3.71. The molecule has 2 aromatic heterocycles. The Kier molecular flexibility index (Phi) is 4.83. The van der Waals surface area contributed by atoms with Crippen molar-refractivity contribution >= 4 is 0 Å². The third-order valence-electron chi connectivity index (χ3n) is 3.74. The van der Waals surface area contributed by atoms with Crippen LogP contribution >= 0.6 is 0 Å². The third-order valence-corrected chi connectivity index (χ3v) is 3.74. The fourth-order valence-electron chi connectivity index (χ4n) is 2.52. The number of hydrogen-bond donors (Lipinski definition) is 0. The summed E-state index contributed by atoms with van der Waals surface area (Å²) in [6.07, 6.45) is 4.25. The fraction of sp³-hybridized carbons (Fsp3) is 0.278. The van der Waals surface area contributed by atoms with Crippen LogP contribution in [0, 0.1) is 6.92 Å². The molecule has 0 fully saturated rings. The summed E-state index contributed by atoms with van der Waals surface area (Å²) in [5, 5.41) is 0. The second-order valence-corrected chi connectivity index (χ2v) is 5.47. The van der Waals surface area contributed by atoms with E-state index in [1.165, 1.54) is 0 Å². The van der Waals surface area contributed by atoms with Crippen LogP contribution in [0.5, 0.6) is 17.5 Å². The van der Waals surface area contributed by atoms with Crippen molar-refractivity contribution in [3.63, 3.8) is 0 Å². The Morgan fingerprint density at radius 1 is 0.960 bits per heavy atom. The molecule has 7 nitrogen and oxygen atoms in total. The molecule has 130 valence electrons. The molecule has 0 saturated carbocycles. The van der Waals surface area contributed by atoms with Crippen LogP contribution in [0.15, 0.2) is 36.8 Å². The smallest absolute Gasteiger partial charge is 0.220 e. The van der Waals surface area contributed by atoms with Crippen molar-refractivity contribution < 1.29 is 14.2 Å². The summed E-state index contributed by atoms with van der Waals surface area (Å²) in [5.41, 5.74) is 2.90. The van der Waals surface area contributed by atoms with Crippen molar-refractivity contribution in [2.75, 3.05) is 21.3 Å². The van der Waals surface area contributed by atoms with Gasteiger partial charge in [-0.3, -0.25) is 0 Å². The molecule has 0 N–H and O–H groups in total. The van der Waals surface area contributed by atoms with Crippen LogP contribution in [0.1, 0.15) is 17.1 Å². The van der Waals surface area contributed by atoms with Crippen molar-refractivity contribution in [2.45, 2.75) is 13.3 Å². The SMILES string of the molecule is COc1cc(OC)nc(Cc2ccc(-n3cnc(C)c3)c(OC)c2)n1. The highest BCUT2D eigenvalue weighted by atomic mass is 16.5. The van der Waals surface area contributed by atoms with E-state index < -0.39 is 0 Å². The first-order valence-corrected chi connectivity index (χ1v) is 7.76. The van der Waals surface area contributed by atoms with Crippen molar-refractivity contribution in [3.8, 4) is 23.2 Å². The Morgan fingerprint density at radius 2 is 1.68 bits per heavy atom. The molecule has 25 heavy (non-hydrogen) atoms. The van der Waals surface area contributed by atoms with Crippen LogP contribution in [-0.4, -0.2) is 40.8 Å². The molecule has 0 radical (unpaired) electrons. The van der Waals surface area contributed by atoms with E-state index in [0.29, 0.717) is 24.0 Å². The van der Waals surface area contributed by atoms with Crippen molar-refractivity contribution in [3.05, 3.63) is 53.9 Å². The van der Waals surface area contributed by atoms with Crippen LogP contribution in [-0.2, 0) is 6.42 Å². The molecule has 3 rings (SSSR count). The van der Waals surface area contributed by atoms with Gasteiger partial charge in [0, 0.05) is 12.6 Å². The Morgan fingerprint density at radius 3 is 2.24 bits per heavy atom. The van der Waals surface area contributed by atoms with Crippen molar-refractivity contribution in [2.24, 2.45) is 0 Å². The molecule has 0 bridgehead atoms. The van der Waals surface area contributed by atoms with E-state index in [-0.39, 0.29) is 0 Å². The summed E-state index contributed by atoms with van der Waals surface area (Å²) in [7, 11) is 4.78. The average molecular weight is 340 g/mol. The molecule has 1 aromatic carbocycles. The van der Waals surface area contributed by atoms with Crippen LogP contribution in [0.4, 0.5) is 0 Å². The first-order valence-electron chi connectivity index (χ1n) is 7.76. The second-order valence-electron chi connectivity index (χ2n) is 5.47. The summed E-state index contributed by atoms with van der Waals surface area (Å²) in [6.45, 7) is 1.95. The minimum atomic E-state index is 0.472. The zero-order chi connectivity index (χ0) is 17.8. The first kappa shape index (κ1) is 16.8. The normalized spacial score (nSPS) is 10.6. The zero-order valence-electron chi connectivity index (χ0n) is 14.7. The monoisotopic (exact) mass is 340 g/mol. The van der Waals surface area contributed by atoms with Crippen LogP contribution in [0.25, 0.3) is 5.69 Å². The molecule has 0 spiro atoms. The molecule has 0 aliphatic carbocycles. The highest BCUT2D eigenvalue weighted by Crippen LogP contribution is 2.26. The van der Waals surface area contributed by atoms with Crippen molar-refractivity contribution in [1.29, 1.82) is 0 Å². The Labute approximate surface area is 146 Å². The molecule has 0 saturated heterocycles. The van der Waals surface area contributed by atoms with Gasteiger partial charge in [0.15, 0.2) is 0 Å². The van der Waals surface area contributed by atoms with Crippen LogP contribution < -0.4 is 14.2 Å². The quantitative estimate of drug-likeness (QED) is 0.687. The summed E-state index contributed by atoms with van der Waals surface area (Å²) in [4.78, 5) is 13.0. The number of ether oxygens (including phenoxy) is 3. The zero-order valence-corrected chi connectivity index (χ0v) is 14.7. The van der Waals surface area contributed by atoms with E-state index in [1.807, 2.05) is 35.9 Å². The molecule has 0 aliphatic heterocycles. The highest BCUT2D eigenvalue weighted by Gasteiger charge is 2.10. The number of aryl methyl sites for hydroxylation is 1. The average Bonchev–Trinajstić information content (AvgIpc) is 3.07. The number of nitrogens with zero attached hydrogens (tertiary/aromatic N) is 4. The number of benzene rings is 1. The number of hydrogen-bond acceptors (Lipinski definition) is 6. The van der Waals surface area contributed by atoms with Gasteiger partial charge in [0.2, 0.25) is 11.8 Å². The van der Waals surface area contributed by atoms with Gasteiger partial charge < -0.3 is 18.8 Å². The lowest BCUT2D eigenvalue weighted by Crippen LogP contribution is -2.02. The summed E-state index contributed by atoms with van der Waals surface area (Å²) in [6, 6.07) is 7.63. The number of methoxy groups -OCH3 is 3. The van der Waals surface area contributed by atoms with Crippen molar-refractivity contribution in [1.82, 2.24) is 19.5 Å². The highest BCUT2D eigenvalue weighted by molar-refractivity contribution is 5.49. The first-order chi connectivity index (χ1) is 12.1. The minimum absolute atomic E-state index is 0.472. The predicted octanol–water partition coefficient (Wildman–Crippen LogP) is 2.59. The molecule has 0 amide bonds. The molecular formula is C18H20N4O3. The molecule has 2 heterocycles. The maximum atomic E-state index is 5.54. The summed E-state index contributed by atoms with van der Waals surface area (Å²) < 4.78 is 17.9. The van der Waals surface area contributed by atoms with Gasteiger partial charge in [0.1, 0.15) is 11.6 Å². The lowest BCUT2D eigenvalue weighted by molar-refractivity contribution is 0.368. The van der Waals surface area contributed by atoms with E-state index in [2.05, 4.69) is 15.0 Å². The van der Waals surface area contributed by atoms with Crippen LogP contribution in [0.2, 0.25) is 0 Å². The van der Waals surface area contributed by atoms with Gasteiger partial charge in [-0.2, -0.15) is 9.97 Å². The number of rotatable bonds is 6. The largest absolute Gasteiger partial charge is 0.495 e. The van der Waals surface area contributed by atoms with E-state index in [1.54, 1.807) is 33.7 Å². The van der Waals surface area contributed by atoms with E-state index in [4.69, 9.17) is 14.2 Å². The van der Waals surface area contributed by atoms with Gasteiger partial charge >= 0.3 is 0 Å². The number of aromatic nitrogens is 4. The molecule has 7 heteroatoms. The Hall–Kier alpha value is -3.09. The lowest BCUT2D eigenvalue weighted by Gasteiger charge is -2.11. The molecule has 0 unspecified atom stereocenters. The second kappa shape index (κ2) is 7.21. The van der Waals surface area contributed by atoms with Crippen LogP contribution in [0.3, 0.4) is 0 Å². The Balaban J connectivity index is 1.91. The van der Waals surface area contributed by atoms with Gasteiger partial charge in [-0.05, 0) is 24.6 Å². The molecular weight excluding hydrogens is 320 g/mol. The maximum Gasteiger partial charge on any atom is 0.220 e. The van der Waals surface area contributed by atoms with Gasteiger partial charge in [-0.15, -0.1) is 0 Å². The van der Waals surface area contributed by atoms with Gasteiger partial charge in [-0.25, -0.2) is 4.98 Å². The topological polar surface area (TPSA) is 71.3 Å². The van der Waals surface area contributed by atoms with E-state index in [0.717, 1.165) is 22.7 Å². The standard InChI is InChI=1S/C18H20N4O3/c1-12-10-22(11-19-12)14-6-5-13(7-15(14)23-2)8-16-20-17(24-3)9-18(21-16)25-4/h5-7,9-11H,8H2,1-4H3. The van der Waals surface area contributed by atoms with Gasteiger partial charge in [-0.1, -0.05) is 6.07 Å². The Bertz CT molecular complexity index is 854. The van der Waals surface area contributed by atoms with E-state index in [9.17, 15) is 0 Å². The summed E-state index contributed by atoms with van der Waals surface area (Å²) in [5.74, 6) is 2.31. The molecule has 0 atom stereocenters.